The van der Waals surface area contributed by atoms with Crippen LogP contribution in [0.2, 0.25) is 0 Å². The average molecular weight is 340 g/mol. The fraction of sp³-hybridized carbons (Fsp3) is 0.167. The maximum Gasteiger partial charge on any atom is 0.0471 e. The minimum Gasteiger partial charge on any atom is -0.396 e. The van der Waals surface area contributed by atoms with Crippen molar-refractivity contribution in [3.8, 4) is 0 Å². The zero-order valence-corrected chi connectivity index (χ0v) is 14.5. The van der Waals surface area contributed by atoms with Crippen molar-refractivity contribution in [2.45, 2.75) is 12.8 Å². The van der Waals surface area contributed by atoms with Crippen LogP contribution < -0.4 is 0 Å². The molecule has 26 heavy (non-hydrogen) atoms. The molecule has 0 aliphatic carbocycles. The molecule has 0 heterocycles. The number of hydrogen-bond acceptors (Lipinski definition) is 2. The molecule has 0 amide bonds. The van der Waals surface area contributed by atoms with E-state index in [4.69, 9.17) is 0 Å². The van der Waals surface area contributed by atoms with Crippen LogP contribution in [0.3, 0.4) is 0 Å². The zero-order valence-electron chi connectivity index (χ0n) is 14.5. The fourth-order valence-corrected chi connectivity index (χ4v) is 4.44. The second kappa shape index (κ2) is 5.94. The molecule has 0 unspecified atom stereocenters. The smallest absolute Gasteiger partial charge is 0.0471 e. The molecule has 2 N–H and O–H groups in total. The summed E-state index contributed by atoms with van der Waals surface area (Å²) in [5.74, 6) is 0. The highest BCUT2D eigenvalue weighted by Gasteiger charge is 2.15. The maximum absolute atomic E-state index is 9.50. The van der Waals surface area contributed by atoms with Gasteiger partial charge in [-0.2, -0.15) is 0 Å². The van der Waals surface area contributed by atoms with E-state index < -0.39 is 0 Å². The van der Waals surface area contributed by atoms with Crippen LogP contribution in [0, 0.1) is 0 Å². The van der Waals surface area contributed by atoms with Gasteiger partial charge in [-0.1, -0.05) is 60.7 Å². The lowest BCUT2D eigenvalue weighted by atomic mass is 9.86. The first-order valence-electron chi connectivity index (χ1n) is 9.14. The topological polar surface area (TPSA) is 40.5 Å². The van der Waals surface area contributed by atoms with Crippen LogP contribution >= 0.6 is 0 Å². The van der Waals surface area contributed by atoms with Crippen molar-refractivity contribution < 1.29 is 10.2 Å². The van der Waals surface area contributed by atoms with Crippen LogP contribution in [-0.2, 0) is 12.8 Å². The third kappa shape index (κ3) is 2.13. The van der Waals surface area contributed by atoms with E-state index in [1.165, 1.54) is 48.7 Å². The van der Waals surface area contributed by atoms with Gasteiger partial charge in [0.15, 0.2) is 0 Å². The van der Waals surface area contributed by atoms with Crippen LogP contribution in [0.5, 0.6) is 0 Å². The Bertz CT molecular complexity index is 1250. The number of hydrogen-bond donors (Lipinski definition) is 2. The number of rotatable bonds is 4. The minimum absolute atomic E-state index is 0.139. The lowest BCUT2D eigenvalue weighted by Gasteiger charge is -2.17. The maximum atomic E-state index is 9.50. The Labute approximate surface area is 151 Å². The molecule has 0 aromatic heterocycles. The van der Waals surface area contributed by atoms with Gasteiger partial charge < -0.3 is 10.2 Å². The highest BCUT2D eigenvalue weighted by atomic mass is 16.3. The van der Waals surface area contributed by atoms with Crippen LogP contribution in [0.15, 0.2) is 60.7 Å². The lowest BCUT2D eigenvalue weighted by molar-refractivity contribution is 0.299. The van der Waals surface area contributed by atoms with E-state index in [2.05, 4.69) is 60.7 Å². The predicted molar refractivity (Wildman–Crippen MR) is 109 cm³/mol. The summed E-state index contributed by atoms with van der Waals surface area (Å²) in [5, 5.41) is 29.0. The SMILES string of the molecule is OCCc1cc2c(CCO)ccc3c4cccc5cccc(c(c1)c23)c54. The summed E-state index contributed by atoms with van der Waals surface area (Å²) in [6, 6.07) is 21.8. The van der Waals surface area contributed by atoms with Gasteiger partial charge in [-0.3, -0.25) is 0 Å². The molecule has 128 valence electrons. The molecule has 0 bridgehead atoms. The van der Waals surface area contributed by atoms with Gasteiger partial charge in [-0.05, 0) is 67.1 Å². The number of aliphatic hydroxyl groups excluding tert-OH is 2. The van der Waals surface area contributed by atoms with Crippen molar-refractivity contribution in [1.82, 2.24) is 0 Å². The third-order valence-corrected chi connectivity index (χ3v) is 5.53. The van der Waals surface area contributed by atoms with Crippen molar-refractivity contribution in [1.29, 1.82) is 0 Å². The van der Waals surface area contributed by atoms with Crippen LogP contribution in [-0.4, -0.2) is 23.4 Å². The van der Waals surface area contributed by atoms with Gasteiger partial charge in [0.2, 0.25) is 0 Å². The van der Waals surface area contributed by atoms with Crippen LogP contribution in [0.25, 0.3) is 43.1 Å². The van der Waals surface area contributed by atoms with Gasteiger partial charge in [0.05, 0.1) is 0 Å². The van der Waals surface area contributed by atoms with Gasteiger partial charge in [0, 0.05) is 13.2 Å². The van der Waals surface area contributed by atoms with Gasteiger partial charge in [0.25, 0.3) is 0 Å². The molecule has 0 radical (unpaired) electrons. The van der Waals surface area contributed by atoms with E-state index in [0.717, 1.165) is 5.56 Å². The second-order valence-electron chi connectivity index (χ2n) is 6.99. The first-order valence-corrected chi connectivity index (χ1v) is 9.14. The van der Waals surface area contributed by atoms with Crippen molar-refractivity contribution >= 4 is 43.1 Å². The number of benzene rings is 5. The Morgan fingerprint density at radius 2 is 1.23 bits per heavy atom. The molecule has 0 saturated heterocycles. The van der Waals surface area contributed by atoms with Crippen molar-refractivity contribution in [3.05, 3.63) is 71.8 Å². The van der Waals surface area contributed by atoms with E-state index >= 15 is 0 Å². The molecule has 5 aromatic carbocycles. The zero-order chi connectivity index (χ0) is 17.7. The molecule has 0 saturated carbocycles. The first kappa shape index (κ1) is 15.6. The second-order valence-corrected chi connectivity index (χ2v) is 6.99. The molecule has 0 aliphatic rings. The summed E-state index contributed by atoms with van der Waals surface area (Å²) in [6.07, 6.45) is 1.29. The highest BCUT2D eigenvalue weighted by Crippen LogP contribution is 2.41. The molecule has 0 fully saturated rings. The summed E-state index contributed by atoms with van der Waals surface area (Å²) in [4.78, 5) is 0. The van der Waals surface area contributed by atoms with Crippen molar-refractivity contribution in [2.75, 3.05) is 13.2 Å². The average Bonchev–Trinajstić information content (AvgIpc) is 2.67. The van der Waals surface area contributed by atoms with Crippen LogP contribution in [0.4, 0.5) is 0 Å². The summed E-state index contributed by atoms with van der Waals surface area (Å²) in [5.41, 5.74) is 2.31. The molecule has 2 nitrogen and oxygen atoms in total. The quantitative estimate of drug-likeness (QED) is 0.364. The third-order valence-electron chi connectivity index (χ3n) is 5.53. The van der Waals surface area contributed by atoms with Crippen molar-refractivity contribution in [2.24, 2.45) is 0 Å². The summed E-state index contributed by atoms with van der Waals surface area (Å²) >= 11 is 0. The molecule has 0 aliphatic heterocycles. The summed E-state index contributed by atoms with van der Waals surface area (Å²) < 4.78 is 0. The van der Waals surface area contributed by atoms with E-state index in [1.807, 2.05) is 0 Å². The Kier molecular flexibility index (Phi) is 3.56. The lowest BCUT2D eigenvalue weighted by Crippen LogP contribution is -1.97. The largest absolute Gasteiger partial charge is 0.396 e. The van der Waals surface area contributed by atoms with Gasteiger partial charge in [-0.15, -0.1) is 0 Å². The van der Waals surface area contributed by atoms with Crippen molar-refractivity contribution in [3.63, 3.8) is 0 Å². The Morgan fingerprint density at radius 1 is 0.577 bits per heavy atom. The molecule has 5 rings (SSSR count). The van der Waals surface area contributed by atoms with Crippen LogP contribution in [0.1, 0.15) is 11.1 Å². The minimum atomic E-state index is 0.139. The monoisotopic (exact) mass is 340 g/mol. The first-order chi connectivity index (χ1) is 12.8. The normalized spacial score (nSPS) is 12.1. The Balaban J connectivity index is 2.07. The molecular weight excluding hydrogens is 320 g/mol. The molecule has 5 aromatic rings. The summed E-state index contributed by atoms with van der Waals surface area (Å²) in [6.45, 7) is 0.279. The van der Waals surface area contributed by atoms with Gasteiger partial charge >= 0.3 is 0 Å². The van der Waals surface area contributed by atoms with E-state index in [-0.39, 0.29) is 13.2 Å². The molecule has 2 heteroatoms. The number of aliphatic hydroxyl groups is 2. The molecule has 0 atom stereocenters. The van der Waals surface area contributed by atoms with E-state index in [9.17, 15) is 10.2 Å². The summed E-state index contributed by atoms with van der Waals surface area (Å²) in [7, 11) is 0. The molecular formula is C24H20O2. The van der Waals surface area contributed by atoms with Gasteiger partial charge in [-0.25, -0.2) is 0 Å². The van der Waals surface area contributed by atoms with E-state index in [0.29, 0.717) is 12.8 Å². The Hall–Kier alpha value is -2.68. The van der Waals surface area contributed by atoms with E-state index in [1.54, 1.807) is 0 Å². The standard InChI is InChI=1S/C24H20O2/c25-11-9-15-13-21-16(10-12-26)7-8-20-18-5-1-3-17-4-2-6-19(23(17)18)22(14-15)24(20)21/h1-8,13-14,25-26H,9-12H2. The van der Waals surface area contributed by atoms with Gasteiger partial charge in [0.1, 0.15) is 0 Å². The Morgan fingerprint density at radius 3 is 1.96 bits per heavy atom. The molecule has 0 spiro atoms. The highest BCUT2D eigenvalue weighted by molar-refractivity contribution is 6.33. The fourth-order valence-electron chi connectivity index (χ4n) is 4.44. The number of fused-ring (bicyclic) bond motifs is 2. The predicted octanol–water partition coefficient (Wildman–Crippen LogP) is 4.81.